The minimum absolute atomic E-state index is 0. The molecule has 1 saturated carbocycles. The first-order valence-corrected chi connectivity index (χ1v) is 10.1. The molecule has 8 nitrogen and oxygen atoms in total. The first-order chi connectivity index (χ1) is 13.8. The van der Waals surface area contributed by atoms with Crippen LogP contribution in [0.1, 0.15) is 56.8 Å². The van der Waals surface area contributed by atoms with Crippen molar-refractivity contribution in [3.8, 4) is 0 Å². The van der Waals surface area contributed by atoms with Crippen LogP contribution in [0.15, 0.2) is 29.0 Å². The van der Waals surface area contributed by atoms with Crippen molar-refractivity contribution in [2.75, 3.05) is 19.6 Å². The van der Waals surface area contributed by atoms with Crippen LogP contribution in [-0.4, -0.2) is 76.6 Å². The van der Waals surface area contributed by atoms with Gasteiger partial charge in [0.1, 0.15) is 11.1 Å². The number of hydroxylamine groups is 2. The maximum absolute atomic E-state index is 12.9. The minimum Gasteiger partial charge on any atom is -0.444 e. The van der Waals surface area contributed by atoms with E-state index in [2.05, 4.69) is 4.98 Å². The fourth-order valence-corrected chi connectivity index (χ4v) is 4.23. The number of hydrogen-bond acceptors (Lipinski definition) is 7. The number of ether oxygens (including phenoxy) is 1. The van der Waals surface area contributed by atoms with Crippen molar-refractivity contribution in [3.05, 3.63) is 30.2 Å². The van der Waals surface area contributed by atoms with Gasteiger partial charge >= 0.3 is 12.1 Å². The number of nitrogens with zero attached hydrogens (tertiary/aromatic N) is 3. The van der Waals surface area contributed by atoms with E-state index in [1.54, 1.807) is 28.2 Å². The minimum atomic E-state index is -0.542. The third-order valence-electron chi connectivity index (χ3n) is 5.55. The van der Waals surface area contributed by atoms with E-state index in [1.807, 2.05) is 20.8 Å². The van der Waals surface area contributed by atoms with Crippen LogP contribution in [0.3, 0.4) is 0 Å². The number of rotatable bonds is 2. The molecule has 2 fully saturated rings. The summed E-state index contributed by atoms with van der Waals surface area (Å²) in [5.74, 6) is -0.457. The van der Waals surface area contributed by atoms with Gasteiger partial charge in [-0.3, -0.25) is 0 Å². The summed E-state index contributed by atoms with van der Waals surface area (Å²) < 4.78 is 10.8. The molecule has 0 N–H and O–H groups in total. The van der Waals surface area contributed by atoms with E-state index in [1.165, 1.54) is 6.39 Å². The van der Waals surface area contributed by atoms with E-state index in [9.17, 15) is 9.59 Å². The van der Waals surface area contributed by atoms with E-state index < -0.39 is 11.6 Å². The van der Waals surface area contributed by atoms with Gasteiger partial charge in [-0.15, -0.1) is 5.06 Å². The van der Waals surface area contributed by atoms with Crippen LogP contribution < -0.4 is 0 Å². The third-order valence-corrected chi connectivity index (χ3v) is 5.55. The predicted octanol–water partition coefficient (Wildman–Crippen LogP) is 3.38. The van der Waals surface area contributed by atoms with Crippen molar-refractivity contribution in [2.45, 2.75) is 57.6 Å². The molecule has 1 aromatic carbocycles. The molecule has 0 bridgehead atoms. The molecule has 4 rings (SSSR count). The number of aromatic nitrogens is 1. The van der Waals surface area contributed by atoms with Gasteiger partial charge in [-0.2, -0.15) is 0 Å². The van der Waals surface area contributed by atoms with E-state index >= 15 is 0 Å². The molecule has 0 unspecified atom stereocenters. The number of oxazole rings is 1. The molecular formula is C21H27LiN3O5. The van der Waals surface area contributed by atoms with Gasteiger partial charge < -0.3 is 18.9 Å². The van der Waals surface area contributed by atoms with Crippen LogP contribution in [0.25, 0.3) is 11.1 Å². The Kier molecular flexibility index (Phi) is 6.51. The fraction of sp³-hybridized carbons (Fsp3) is 0.571. The summed E-state index contributed by atoms with van der Waals surface area (Å²) in [6.45, 7) is 6.96. The first kappa shape index (κ1) is 22.7. The largest absolute Gasteiger partial charge is 0.444 e. The summed E-state index contributed by atoms with van der Waals surface area (Å²) in [5.41, 5.74) is 0.497. The average Bonchev–Trinajstić information content (AvgIpc) is 3.31. The molecule has 2 aromatic rings. The molecule has 1 aliphatic carbocycles. The Morgan fingerprint density at radius 3 is 2.60 bits per heavy atom. The van der Waals surface area contributed by atoms with Crippen LogP contribution in [0.2, 0.25) is 0 Å². The normalized spacial score (nSPS) is 19.0. The molecule has 0 atom stereocenters. The van der Waals surface area contributed by atoms with Crippen LogP contribution in [0.4, 0.5) is 4.79 Å². The molecule has 1 spiro atoms. The number of hydrogen-bond donors (Lipinski definition) is 0. The number of fused-ring (bicyclic) bond motifs is 1. The molecular weight excluding hydrogens is 381 g/mol. The Bertz CT molecular complexity index is 917. The molecule has 1 amide bonds. The van der Waals surface area contributed by atoms with Gasteiger partial charge in [-0.05, 0) is 45.7 Å². The van der Waals surface area contributed by atoms with Crippen LogP contribution >= 0.6 is 0 Å². The summed E-state index contributed by atoms with van der Waals surface area (Å²) in [4.78, 5) is 37.2. The van der Waals surface area contributed by atoms with Gasteiger partial charge in [-0.1, -0.05) is 18.9 Å². The van der Waals surface area contributed by atoms with Crippen molar-refractivity contribution in [1.82, 2.24) is 14.9 Å². The summed E-state index contributed by atoms with van der Waals surface area (Å²) in [6.07, 6.45) is 4.81. The number of amides is 1. The fourth-order valence-electron chi connectivity index (χ4n) is 4.23. The molecule has 157 valence electrons. The van der Waals surface area contributed by atoms with Gasteiger partial charge in [0, 0.05) is 32.0 Å². The van der Waals surface area contributed by atoms with Gasteiger partial charge in [0.25, 0.3) is 0 Å². The number of benzene rings is 1. The predicted molar refractivity (Wildman–Crippen MR) is 111 cm³/mol. The number of piperazine rings is 1. The van der Waals surface area contributed by atoms with Crippen LogP contribution in [0.5, 0.6) is 0 Å². The summed E-state index contributed by atoms with van der Waals surface area (Å²) in [5, 5.41) is 1.78. The van der Waals surface area contributed by atoms with Crippen molar-refractivity contribution < 1.29 is 23.6 Å². The average molecular weight is 408 g/mol. The molecule has 1 radical (unpaired) electrons. The molecule has 1 aromatic heterocycles. The van der Waals surface area contributed by atoms with E-state index in [-0.39, 0.29) is 30.5 Å². The van der Waals surface area contributed by atoms with Gasteiger partial charge in [-0.25, -0.2) is 14.6 Å². The maximum Gasteiger partial charge on any atom is 0.410 e. The van der Waals surface area contributed by atoms with E-state index in [0.717, 1.165) is 25.7 Å². The van der Waals surface area contributed by atoms with Crippen molar-refractivity contribution in [2.24, 2.45) is 0 Å². The van der Waals surface area contributed by atoms with E-state index in [0.29, 0.717) is 36.3 Å². The molecule has 2 heterocycles. The second kappa shape index (κ2) is 8.62. The topological polar surface area (TPSA) is 85.1 Å². The molecule has 9 heteroatoms. The zero-order chi connectivity index (χ0) is 20.6. The van der Waals surface area contributed by atoms with Crippen LogP contribution in [-0.2, 0) is 9.57 Å². The van der Waals surface area contributed by atoms with Gasteiger partial charge in [0.2, 0.25) is 0 Å². The monoisotopic (exact) mass is 408 g/mol. The second-order valence-corrected chi connectivity index (χ2v) is 8.82. The number of para-hydroxylation sites is 1. The Morgan fingerprint density at radius 1 is 1.17 bits per heavy atom. The van der Waals surface area contributed by atoms with Crippen molar-refractivity contribution in [1.29, 1.82) is 0 Å². The Balaban J connectivity index is 0.00000256. The third kappa shape index (κ3) is 4.51. The summed E-state index contributed by atoms with van der Waals surface area (Å²) >= 11 is 0. The second-order valence-electron chi connectivity index (χ2n) is 8.82. The zero-order valence-corrected chi connectivity index (χ0v) is 18.1. The Hall–Kier alpha value is -2.01. The zero-order valence-electron chi connectivity index (χ0n) is 18.1. The summed E-state index contributed by atoms with van der Waals surface area (Å²) in [7, 11) is 0. The smallest absolute Gasteiger partial charge is 0.410 e. The Labute approximate surface area is 188 Å². The Morgan fingerprint density at radius 2 is 1.90 bits per heavy atom. The molecule has 30 heavy (non-hydrogen) atoms. The van der Waals surface area contributed by atoms with Crippen molar-refractivity contribution >= 4 is 42.0 Å². The van der Waals surface area contributed by atoms with Crippen molar-refractivity contribution in [3.63, 3.8) is 0 Å². The van der Waals surface area contributed by atoms with E-state index in [4.69, 9.17) is 14.0 Å². The van der Waals surface area contributed by atoms with Crippen LogP contribution in [0, 0.1) is 0 Å². The maximum atomic E-state index is 12.9. The summed E-state index contributed by atoms with van der Waals surface area (Å²) in [6, 6.07) is 5.19. The van der Waals surface area contributed by atoms with Gasteiger partial charge in [0.05, 0.1) is 17.6 Å². The quantitative estimate of drug-likeness (QED) is 0.704. The molecule has 1 aliphatic heterocycles. The number of carbonyl (C=O) groups excluding carboxylic acids is 2. The molecule has 2 aliphatic rings. The van der Waals surface area contributed by atoms with Gasteiger partial charge in [0.15, 0.2) is 12.0 Å². The molecule has 1 saturated heterocycles. The SMILES string of the molecule is CC(C)(C)OC(=O)N1CCN(OC(=O)c2cccc3ocnc23)C2(CCCC2)C1.[Li]. The number of carbonyl (C=O) groups is 2. The standard InChI is InChI=1S/C21H27N3O5.Li/c1-20(2,3)28-19(26)23-11-12-24(21(13-23)9-4-5-10-21)29-18(25)15-7-6-8-16-17(15)22-14-27-16;/h6-8,14H,4-5,9-13H2,1-3H3;. The first-order valence-electron chi connectivity index (χ1n) is 10.1.